The Labute approximate surface area is 81.4 Å². The minimum atomic E-state index is -0.843. The third-order valence-corrected chi connectivity index (χ3v) is 1.85. The second-order valence-electron chi connectivity index (χ2n) is 2.75. The van der Waals surface area contributed by atoms with Crippen LogP contribution in [0.5, 0.6) is 5.75 Å². The molecule has 0 saturated carbocycles. The number of carboxylic acid groups (broad SMARTS) is 1. The molecule has 0 aliphatic carbocycles. The third kappa shape index (κ3) is 3.38. The Morgan fingerprint density at radius 3 is 2.62 bits per heavy atom. The van der Waals surface area contributed by atoms with Crippen molar-refractivity contribution in [2.45, 2.75) is 17.7 Å². The second kappa shape index (κ2) is 4.18. The van der Waals surface area contributed by atoms with Crippen LogP contribution in [0.4, 0.5) is 0 Å². The first-order chi connectivity index (χ1) is 6.08. The normalized spacial score (nSPS) is 9.92. The number of aryl methyl sites for hydroxylation is 1. The minimum Gasteiger partial charge on any atom is -0.508 e. The highest BCUT2D eigenvalue weighted by atomic mass is 32.1. The van der Waals surface area contributed by atoms with Crippen LogP contribution in [-0.4, -0.2) is 16.2 Å². The van der Waals surface area contributed by atoms with Crippen molar-refractivity contribution in [3.63, 3.8) is 0 Å². The standard InChI is InChI=1S/C9H10O3S/c10-7-3-6(1-2-9(11)12)4-8(13)5-7/h3-5,10,13H,1-2H2,(H,11,12). The van der Waals surface area contributed by atoms with Gasteiger partial charge in [0.1, 0.15) is 5.75 Å². The Kier molecular flexibility index (Phi) is 3.19. The van der Waals surface area contributed by atoms with Crippen molar-refractivity contribution in [3.8, 4) is 5.75 Å². The number of phenolic OH excluding ortho intramolecular Hbond substituents is 1. The van der Waals surface area contributed by atoms with E-state index in [1.54, 1.807) is 12.1 Å². The first-order valence-corrected chi connectivity index (χ1v) is 4.26. The average Bonchev–Trinajstić information content (AvgIpc) is 1.99. The number of rotatable bonds is 3. The fraction of sp³-hybridized carbons (Fsp3) is 0.222. The van der Waals surface area contributed by atoms with E-state index in [4.69, 9.17) is 10.2 Å². The molecule has 0 bridgehead atoms. The quantitative estimate of drug-likeness (QED) is 0.648. The predicted octanol–water partition coefficient (Wildman–Crippen LogP) is 1.70. The summed E-state index contributed by atoms with van der Waals surface area (Å²) in [6, 6.07) is 4.79. The molecule has 0 aliphatic heterocycles. The smallest absolute Gasteiger partial charge is 0.303 e. The van der Waals surface area contributed by atoms with E-state index in [0.717, 1.165) is 5.56 Å². The number of hydrogen-bond donors (Lipinski definition) is 3. The Balaban J connectivity index is 2.71. The van der Waals surface area contributed by atoms with E-state index in [-0.39, 0.29) is 12.2 Å². The van der Waals surface area contributed by atoms with Crippen molar-refractivity contribution in [1.82, 2.24) is 0 Å². The van der Waals surface area contributed by atoms with Gasteiger partial charge in [-0.15, -0.1) is 12.6 Å². The number of hydrogen-bond acceptors (Lipinski definition) is 3. The number of phenols is 1. The third-order valence-electron chi connectivity index (χ3n) is 1.59. The summed E-state index contributed by atoms with van der Waals surface area (Å²) in [7, 11) is 0. The van der Waals surface area contributed by atoms with Crippen molar-refractivity contribution in [1.29, 1.82) is 0 Å². The van der Waals surface area contributed by atoms with E-state index in [0.29, 0.717) is 11.3 Å². The highest BCUT2D eigenvalue weighted by Crippen LogP contribution is 2.19. The molecule has 0 saturated heterocycles. The number of carboxylic acids is 1. The van der Waals surface area contributed by atoms with E-state index in [1.807, 2.05) is 0 Å². The van der Waals surface area contributed by atoms with Gasteiger partial charge in [0.2, 0.25) is 0 Å². The van der Waals surface area contributed by atoms with Crippen molar-refractivity contribution in [2.24, 2.45) is 0 Å². The number of benzene rings is 1. The number of carbonyl (C=O) groups is 1. The molecule has 1 aromatic carbocycles. The van der Waals surface area contributed by atoms with Gasteiger partial charge in [0, 0.05) is 11.3 Å². The van der Waals surface area contributed by atoms with Gasteiger partial charge in [0.25, 0.3) is 0 Å². The van der Waals surface area contributed by atoms with Gasteiger partial charge in [0.15, 0.2) is 0 Å². The monoisotopic (exact) mass is 198 g/mol. The summed E-state index contributed by atoms with van der Waals surface area (Å²) in [5.74, 6) is -0.725. The molecule has 0 heterocycles. The van der Waals surface area contributed by atoms with Crippen molar-refractivity contribution in [3.05, 3.63) is 23.8 Å². The van der Waals surface area contributed by atoms with Gasteiger partial charge in [-0.1, -0.05) is 0 Å². The zero-order valence-electron chi connectivity index (χ0n) is 6.90. The topological polar surface area (TPSA) is 57.5 Å². The number of aliphatic carboxylic acids is 1. The maximum atomic E-state index is 10.3. The molecule has 0 aromatic heterocycles. The fourth-order valence-corrected chi connectivity index (χ4v) is 1.35. The minimum absolute atomic E-state index is 0.0661. The van der Waals surface area contributed by atoms with Crippen molar-refractivity contribution >= 4 is 18.6 Å². The number of thiol groups is 1. The van der Waals surface area contributed by atoms with E-state index in [9.17, 15) is 4.79 Å². The summed E-state index contributed by atoms with van der Waals surface area (Å²) in [6.07, 6.45) is 0.480. The lowest BCUT2D eigenvalue weighted by Gasteiger charge is -2.01. The molecule has 0 amide bonds. The van der Waals surface area contributed by atoms with Gasteiger partial charge in [-0.05, 0) is 30.2 Å². The molecule has 0 fully saturated rings. The predicted molar refractivity (Wildman–Crippen MR) is 51.3 cm³/mol. The molecule has 13 heavy (non-hydrogen) atoms. The van der Waals surface area contributed by atoms with Crippen LogP contribution in [-0.2, 0) is 11.2 Å². The van der Waals surface area contributed by atoms with Gasteiger partial charge in [-0.3, -0.25) is 4.79 Å². The average molecular weight is 198 g/mol. The van der Waals surface area contributed by atoms with Crippen LogP contribution in [0.1, 0.15) is 12.0 Å². The number of aromatic hydroxyl groups is 1. The molecule has 0 spiro atoms. The van der Waals surface area contributed by atoms with Crippen LogP contribution in [0, 0.1) is 0 Å². The molecular formula is C9H10O3S. The van der Waals surface area contributed by atoms with Crippen LogP contribution >= 0.6 is 12.6 Å². The van der Waals surface area contributed by atoms with E-state index >= 15 is 0 Å². The lowest BCUT2D eigenvalue weighted by Crippen LogP contribution is -1.97. The SMILES string of the molecule is O=C(O)CCc1cc(O)cc(S)c1. The van der Waals surface area contributed by atoms with Crippen LogP contribution in [0.15, 0.2) is 23.1 Å². The molecule has 4 heteroatoms. The largest absolute Gasteiger partial charge is 0.508 e. The summed E-state index contributed by atoms with van der Waals surface area (Å²) < 4.78 is 0. The van der Waals surface area contributed by atoms with Crippen LogP contribution in [0.25, 0.3) is 0 Å². The molecule has 70 valence electrons. The summed E-state index contributed by atoms with van der Waals surface area (Å²) in [6.45, 7) is 0. The van der Waals surface area contributed by atoms with E-state index in [2.05, 4.69) is 12.6 Å². The zero-order chi connectivity index (χ0) is 9.84. The molecule has 0 radical (unpaired) electrons. The molecule has 3 nitrogen and oxygen atoms in total. The van der Waals surface area contributed by atoms with Gasteiger partial charge in [-0.25, -0.2) is 0 Å². The van der Waals surface area contributed by atoms with Gasteiger partial charge < -0.3 is 10.2 Å². The summed E-state index contributed by atoms with van der Waals surface area (Å²) in [4.78, 5) is 10.9. The second-order valence-corrected chi connectivity index (χ2v) is 3.27. The maximum Gasteiger partial charge on any atom is 0.303 e. The van der Waals surface area contributed by atoms with Gasteiger partial charge in [0.05, 0.1) is 0 Å². The highest BCUT2D eigenvalue weighted by Gasteiger charge is 2.01. The zero-order valence-corrected chi connectivity index (χ0v) is 7.79. The van der Waals surface area contributed by atoms with E-state index < -0.39 is 5.97 Å². The Morgan fingerprint density at radius 1 is 1.38 bits per heavy atom. The molecule has 1 aromatic rings. The summed E-state index contributed by atoms with van der Waals surface area (Å²) >= 11 is 4.06. The van der Waals surface area contributed by atoms with E-state index in [1.165, 1.54) is 6.07 Å². The molecule has 0 atom stereocenters. The molecule has 0 unspecified atom stereocenters. The van der Waals surface area contributed by atoms with Crippen LogP contribution in [0.3, 0.4) is 0 Å². The van der Waals surface area contributed by atoms with Crippen LogP contribution in [0.2, 0.25) is 0 Å². The summed E-state index contributed by atoms with van der Waals surface area (Å²) in [5.41, 5.74) is 0.785. The fourth-order valence-electron chi connectivity index (χ4n) is 1.05. The lowest BCUT2D eigenvalue weighted by atomic mass is 10.1. The highest BCUT2D eigenvalue weighted by molar-refractivity contribution is 7.80. The molecule has 2 N–H and O–H groups in total. The Morgan fingerprint density at radius 2 is 2.08 bits per heavy atom. The van der Waals surface area contributed by atoms with Gasteiger partial charge >= 0.3 is 5.97 Å². The van der Waals surface area contributed by atoms with Crippen LogP contribution < -0.4 is 0 Å². The summed E-state index contributed by atoms with van der Waals surface area (Å²) in [5, 5.41) is 17.6. The van der Waals surface area contributed by atoms with Crippen molar-refractivity contribution in [2.75, 3.05) is 0 Å². The maximum absolute atomic E-state index is 10.3. The van der Waals surface area contributed by atoms with Gasteiger partial charge in [-0.2, -0.15) is 0 Å². The molecular weight excluding hydrogens is 188 g/mol. The molecule has 1 rings (SSSR count). The Hall–Kier alpha value is -1.16. The first-order valence-electron chi connectivity index (χ1n) is 3.81. The Bertz CT molecular complexity index is 302. The van der Waals surface area contributed by atoms with Crippen molar-refractivity contribution < 1.29 is 15.0 Å². The molecule has 0 aliphatic rings. The lowest BCUT2D eigenvalue weighted by molar-refractivity contribution is -0.136. The first kappa shape index (κ1) is 9.92.